The predicted molar refractivity (Wildman–Crippen MR) is 84.2 cm³/mol. The van der Waals surface area contributed by atoms with E-state index >= 15 is 0 Å². The van der Waals surface area contributed by atoms with Crippen LogP contribution in [0.25, 0.3) is 0 Å². The third kappa shape index (κ3) is 3.91. The van der Waals surface area contributed by atoms with Crippen molar-refractivity contribution in [3.8, 4) is 5.75 Å². The Morgan fingerprint density at radius 2 is 2.15 bits per heavy atom. The summed E-state index contributed by atoms with van der Waals surface area (Å²) in [5.74, 6) is 0.748. The van der Waals surface area contributed by atoms with Crippen molar-refractivity contribution in [2.75, 3.05) is 27.4 Å². The van der Waals surface area contributed by atoms with E-state index in [9.17, 15) is 0 Å². The zero-order valence-corrected chi connectivity index (χ0v) is 12.9. The van der Waals surface area contributed by atoms with Crippen molar-refractivity contribution in [2.24, 2.45) is 5.73 Å². The molecular formula is C15H22N2O2S. The summed E-state index contributed by atoms with van der Waals surface area (Å²) in [5.41, 5.74) is 7.70. The van der Waals surface area contributed by atoms with E-state index in [0.29, 0.717) is 11.0 Å². The van der Waals surface area contributed by atoms with Gasteiger partial charge in [-0.15, -0.1) is 0 Å². The molecule has 1 aliphatic rings. The average molecular weight is 294 g/mol. The lowest BCUT2D eigenvalue weighted by Gasteiger charge is -2.22. The Kier molecular flexibility index (Phi) is 5.34. The number of nitrogens with zero attached hydrogens (tertiary/aromatic N) is 1. The standard InChI is InChI=1S/C15H22N2O2S/c1-18-8-7-17(12-4-5-12)10-11-3-6-13(15(16)20)14(9-11)19-2/h3,6,9,12H,4-5,7-8,10H2,1-2H3,(H2,16,20). The number of methoxy groups -OCH3 is 2. The highest BCUT2D eigenvalue weighted by atomic mass is 32.1. The molecule has 2 rings (SSSR count). The van der Waals surface area contributed by atoms with E-state index in [2.05, 4.69) is 11.0 Å². The van der Waals surface area contributed by atoms with Gasteiger partial charge in [0.15, 0.2) is 0 Å². The summed E-state index contributed by atoms with van der Waals surface area (Å²) in [4.78, 5) is 2.82. The van der Waals surface area contributed by atoms with Crippen molar-refractivity contribution in [1.29, 1.82) is 0 Å². The molecule has 4 nitrogen and oxygen atoms in total. The third-order valence-electron chi connectivity index (χ3n) is 3.56. The molecule has 0 unspecified atom stereocenters. The van der Waals surface area contributed by atoms with Gasteiger partial charge in [-0.3, -0.25) is 4.90 Å². The number of benzene rings is 1. The van der Waals surface area contributed by atoms with E-state index in [1.807, 2.05) is 12.1 Å². The number of hydrogen-bond acceptors (Lipinski definition) is 4. The first-order valence-electron chi connectivity index (χ1n) is 6.85. The van der Waals surface area contributed by atoms with E-state index in [1.165, 1.54) is 18.4 Å². The molecule has 0 aromatic heterocycles. The van der Waals surface area contributed by atoms with Gasteiger partial charge in [0.25, 0.3) is 0 Å². The summed E-state index contributed by atoms with van der Waals surface area (Å²) in [5, 5.41) is 0. The molecule has 0 aliphatic heterocycles. The molecule has 0 saturated heterocycles. The highest BCUT2D eigenvalue weighted by molar-refractivity contribution is 7.80. The summed E-state index contributed by atoms with van der Waals surface area (Å²) in [6, 6.07) is 6.74. The van der Waals surface area contributed by atoms with Crippen LogP contribution in [0.2, 0.25) is 0 Å². The van der Waals surface area contributed by atoms with E-state index in [-0.39, 0.29) is 0 Å². The maximum atomic E-state index is 5.69. The minimum absolute atomic E-state index is 0.367. The zero-order chi connectivity index (χ0) is 14.5. The molecule has 1 aromatic rings. The van der Waals surface area contributed by atoms with Crippen LogP contribution in [-0.2, 0) is 11.3 Å². The quantitative estimate of drug-likeness (QED) is 0.743. The van der Waals surface area contributed by atoms with E-state index < -0.39 is 0 Å². The molecule has 0 amide bonds. The smallest absolute Gasteiger partial charge is 0.129 e. The third-order valence-corrected chi connectivity index (χ3v) is 3.78. The fourth-order valence-electron chi connectivity index (χ4n) is 2.31. The molecular weight excluding hydrogens is 272 g/mol. The molecule has 0 bridgehead atoms. The van der Waals surface area contributed by atoms with Crippen LogP contribution in [0.4, 0.5) is 0 Å². The topological polar surface area (TPSA) is 47.7 Å². The molecule has 0 spiro atoms. The zero-order valence-electron chi connectivity index (χ0n) is 12.1. The van der Waals surface area contributed by atoms with Crippen LogP contribution < -0.4 is 10.5 Å². The second-order valence-corrected chi connectivity index (χ2v) is 5.53. The molecule has 1 aliphatic carbocycles. The highest BCUT2D eigenvalue weighted by Gasteiger charge is 2.28. The Balaban J connectivity index is 2.09. The first-order valence-corrected chi connectivity index (χ1v) is 7.26. The first kappa shape index (κ1) is 15.2. The minimum Gasteiger partial charge on any atom is -0.496 e. The molecule has 2 N–H and O–H groups in total. The van der Waals surface area contributed by atoms with Gasteiger partial charge in [0.1, 0.15) is 10.7 Å². The minimum atomic E-state index is 0.367. The average Bonchev–Trinajstić information content (AvgIpc) is 3.27. The van der Waals surface area contributed by atoms with Gasteiger partial charge in [-0.2, -0.15) is 0 Å². The Bertz CT molecular complexity index is 475. The number of ether oxygens (including phenoxy) is 2. The van der Waals surface area contributed by atoms with Crippen LogP contribution in [0.5, 0.6) is 5.75 Å². The van der Waals surface area contributed by atoms with E-state index in [0.717, 1.165) is 31.0 Å². The van der Waals surface area contributed by atoms with Crippen LogP contribution >= 0.6 is 12.2 Å². The van der Waals surface area contributed by atoms with Crippen molar-refractivity contribution in [3.05, 3.63) is 29.3 Å². The predicted octanol–water partition coefficient (Wildman–Crippen LogP) is 1.94. The maximum absolute atomic E-state index is 5.69. The normalized spacial score (nSPS) is 14.6. The van der Waals surface area contributed by atoms with E-state index in [1.54, 1.807) is 14.2 Å². The van der Waals surface area contributed by atoms with Crippen molar-refractivity contribution in [2.45, 2.75) is 25.4 Å². The van der Waals surface area contributed by atoms with Crippen molar-refractivity contribution >= 4 is 17.2 Å². The summed E-state index contributed by atoms with van der Waals surface area (Å²) < 4.78 is 10.6. The SMILES string of the molecule is COCCN(Cc1ccc(C(N)=S)c(OC)c1)C1CC1. The van der Waals surface area contributed by atoms with Crippen LogP contribution in [0.1, 0.15) is 24.0 Å². The molecule has 0 atom stereocenters. The highest BCUT2D eigenvalue weighted by Crippen LogP contribution is 2.29. The lowest BCUT2D eigenvalue weighted by molar-refractivity contribution is 0.139. The summed E-state index contributed by atoms with van der Waals surface area (Å²) >= 11 is 5.03. The fraction of sp³-hybridized carbons (Fsp3) is 0.533. The Morgan fingerprint density at radius 3 is 2.70 bits per heavy atom. The van der Waals surface area contributed by atoms with Gasteiger partial charge in [-0.25, -0.2) is 0 Å². The maximum Gasteiger partial charge on any atom is 0.129 e. The summed E-state index contributed by atoms with van der Waals surface area (Å²) in [6.45, 7) is 2.63. The number of nitrogens with two attached hydrogens (primary N) is 1. The lowest BCUT2D eigenvalue weighted by atomic mass is 10.1. The van der Waals surface area contributed by atoms with Crippen molar-refractivity contribution in [3.63, 3.8) is 0 Å². The molecule has 0 radical (unpaired) electrons. The number of rotatable bonds is 8. The van der Waals surface area contributed by atoms with Crippen LogP contribution in [0.3, 0.4) is 0 Å². The summed E-state index contributed by atoms with van der Waals surface area (Å²) in [6.07, 6.45) is 2.57. The fourth-order valence-corrected chi connectivity index (χ4v) is 2.48. The first-order chi connectivity index (χ1) is 9.65. The van der Waals surface area contributed by atoms with Crippen LogP contribution in [-0.4, -0.2) is 43.3 Å². The molecule has 5 heteroatoms. The van der Waals surface area contributed by atoms with Crippen molar-refractivity contribution < 1.29 is 9.47 Å². The molecule has 0 heterocycles. The Labute approximate surface area is 125 Å². The van der Waals surface area contributed by atoms with Gasteiger partial charge in [-0.05, 0) is 30.5 Å². The van der Waals surface area contributed by atoms with E-state index in [4.69, 9.17) is 27.4 Å². The number of hydrogen-bond donors (Lipinski definition) is 1. The largest absolute Gasteiger partial charge is 0.496 e. The monoisotopic (exact) mass is 294 g/mol. The van der Waals surface area contributed by atoms with Crippen LogP contribution in [0.15, 0.2) is 18.2 Å². The molecule has 110 valence electrons. The van der Waals surface area contributed by atoms with Gasteiger partial charge < -0.3 is 15.2 Å². The molecule has 1 fully saturated rings. The lowest BCUT2D eigenvalue weighted by Crippen LogP contribution is -2.29. The van der Waals surface area contributed by atoms with Gasteiger partial charge in [0.2, 0.25) is 0 Å². The summed E-state index contributed by atoms with van der Waals surface area (Å²) in [7, 11) is 3.38. The van der Waals surface area contributed by atoms with Gasteiger partial charge >= 0.3 is 0 Å². The second kappa shape index (κ2) is 7.02. The van der Waals surface area contributed by atoms with Gasteiger partial charge in [0.05, 0.1) is 19.3 Å². The van der Waals surface area contributed by atoms with Crippen LogP contribution in [0, 0.1) is 0 Å². The second-order valence-electron chi connectivity index (χ2n) is 5.09. The molecule has 1 saturated carbocycles. The van der Waals surface area contributed by atoms with Crippen molar-refractivity contribution in [1.82, 2.24) is 4.90 Å². The molecule has 20 heavy (non-hydrogen) atoms. The molecule has 1 aromatic carbocycles. The number of thiocarbonyl (C=S) groups is 1. The van der Waals surface area contributed by atoms with Gasteiger partial charge in [0, 0.05) is 26.2 Å². The Hall–Kier alpha value is -1.17. The Morgan fingerprint density at radius 1 is 1.40 bits per heavy atom. The van der Waals surface area contributed by atoms with Gasteiger partial charge in [-0.1, -0.05) is 18.3 Å².